The van der Waals surface area contributed by atoms with Crippen LogP contribution in [-0.2, 0) is 10.3 Å². The Morgan fingerprint density at radius 1 is 1.53 bits per heavy atom. The number of rotatable bonds is 2. The van der Waals surface area contributed by atoms with Crippen molar-refractivity contribution in [3.8, 4) is 0 Å². The minimum atomic E-state index is -0.947. The van der Waals surface area contributed by atoms with E-state index in [0.29, 0.717) is 12.2 Å². The fourth-order valence-electron chi connectivity index (χ4n) is 2.60. The molecule has 1 aromatic rings. The Hall–Kier alpha value is -0.970. The molecule has 17 heavy (non-hydrogen) atoms. The van der Waals surface area contributed by atoms with Crippen molar-refractivity contribution in [2.24, 2.45) is 17.6 Å². The number of benzene rings is 1. The second-order valence-electron chi connectivity index (χ2n) is 4.80. The van der Waals surface area contributed by atoms with Gasteiger partial charge in [-0.15, -0.1) is 0 Å². The van der Waals surface area contributed by atoms with E-state index in [-0.39, 0.29) is 30.9 Å². The molecule has 0 aliphatic carbocycles. The van der Waals surface area contributed by atoms with Gasteiger partial charge >= 0.3 is 0 Å². The largest absolute Gasteiger partial charge is 0.396 e. The lowest BCUT2D eigenvalue weighted by atomic mass is 9.72. The highest BCUT2D eigenvalue weighted by Crippen LogP contribution is 2.37. The smallest absolute Gasteiger partial charge is 0.128 e. The van der Waals surface area contributed by atoms with Gasteiger partial charge in [-0.3, -0.25) is 0 Å². The molecular weight excluding hydrogens is 221 g/mol. The summed E-state index contributed by atoms with van der Waals surface area (Å²) >= 11 is 0. The second-order valence-corrected chi connectivity index (χ2v) is 4.80. The molecule has 1 fully saturated rings. The number of hydrogen-bond acceptors (Lipinski definition) is 3. The van der Waals surface area contributed by atoms with E-state index in [4.69, 9.17) is 10.5 Å². The molecule has 1 heterocycles. The molecule has 0 saturated carbocycles. The lowest BCUT2D eigenvalue weighted by Crippen LogP contribution is -2.56. The van der Waals surface area contributed by atoms with Crippen LogP contribution in [0, 0.1) is 17.7 Å². The maximum atomic E-state index is 13.8. The topological polar surface area (TPSA) is 55.5 Å². The zero-order chi connectivity index (χ0) is 12.5. The van der Waals surface area contributed by atoms with Crippen LogP contribution < -0.4 is 5.73 Å². The van der Waals surface area contributed by atoms with E-state index >= 15 is 0 Å². The van der Waals surface area contributed by atoms with Gasteiger partial charge in [-0.25, -0.2) is 4.39 Å². The van der Waals surface area contributed by atoms with Gasteiger partial charge in [0.05, 0.1) is 12.1 Å². The van der Waals surface area contributed by atoms with E-state index in [9.17, 15) is 9.50 Å². The van der Waals surface area contributed by atoms with Crippen molar-refractivity contribution in [3.63, 3.8) is 0 Å². The fraction of sp³-hybridized carbons (Fsp3) is 0.538. The van der Waals surface area contributed by atoms with Gasteiger partial charge in [0.25, 0.3) is 0 Å². The second kappa shape index (κ2) is 4.72. The van der Waals surface area contributed by atoms with Crippen LogP contribution in [-0.4, -0.2) is 24.9 Å². The molecule has 1 aliphatic heterocycles. The lowest BCUT2D eigenvalue weighted by Gasteiger charge is -2.44. The maximum absolute atomic E-state index is 13.8. The van der Waals surface area contributed by atoms with E-state index in [0.717, 1.165) is 0 Å². The quantitative estimate of drug-likeness (QED) is 0.816. The molecule has 0 aromatic heterocycles. The first-order chi connectivity index (χ1) is 8.09. The first-order valence-electron chi connectivity index (χ1n) is 5.82. The Bertz CT molecular complexity index is 399. The van der Waals surface area contributed by atoms with E-state index in [2.05, 4.69) is 0 Å². The van der Waals surface area contributed by atoms with Crippen LogP contribution in [0.5, 0.6) is 0 Å². The Morgan fingerprint density at radius 2 is 2.24 bits per heavy atom. The van der Waals surface area contributed by atoms with E-state index in [1.54, 1.807) is 18.2 Å². The fourth-order valence-corrected chi connectivity index (χ4v) is 2.60. The van der Waals surface area contributed by atoms with Gasteiger partial charge in [-0.1, -0.05) is 25.1 Å². The summed E-state index contributed by atoms with van der Waals surface area (Å²) in [4.78, 5) is 0. The van der Waals surface area contributed by atoms with E-state index in [1.807, 2.05) is 6.92 Å². The summed E-state index contributed by atoms with van der Waals surface area (Å²) in [6, 6.07) is 6.43. The van der Waals surface area contributed by atoms with Crippen molar-refractivity contribution < 1.29 is 14.2 Å². The highest BCUT2D eigenvalue weighted by Gasteiger charge is 2.44. The van der Waals surface area contributed by atoms with Crippen molar-refractivity contribution in [2.45, 2.75) is 12.5 Å². The zero-order valence-electron chi connectivity index (χ0n) is 9.90. The normalized spacial score (nSPS) is 33.6. The number of halogens is 1. The summed E-state index contributed by atoms with van der Waals surface area (Å²) in [5.74, 6) is -0.419. The number of aliphatic hydroxyl groups excluding tert-OH is 1. The molecule has 0 bridgehead atoms. The molecule has 1 aliphatic rings. The predicted molar refractivity (Wildman–Crippen MR) is 62.8 cm³/mol. The molecule has 1 aromatic carbocycles. The van der Waals surface area contributed by atoms with Crippen molar-refractivity contribution in [3.05, 3.63) is 35.6 Å². The average molecular weight is 239 g/mol. The number of nitrogens with two attached hydrogens (primary N) is 1. The van der Waals surface area contributed by atoms with Gasteiger partial charge in [0.2, 0.25) is 0 Å². The molecule has 3 nitrogen and oxygen atoms in total. The van der Waals surface area contributed by atoms with Crippen molar-refractivity contribution in [1.29, 1.82) is 0 Å². The summed E-state index contributed by atoms with van der Waals surface area (Å²) in [6.07, 6.45) is 0. The summed E-state index contributed by atoms with van der Waals surface area (Å²) in [7, 11) is 0. The molecule has 4 heteroatoms. The Labute approximate surface area is 100 Å². The highest BCUT2D eigenvalue weighted by molar-refractivity contribution is 5.28. The molecule has 3 unspecified atom stereocenters. The molecule has 94 valence electrons. The first-order valence-corrected chi connectivity index (χ1v) is 5.82. The van der Waals surface area contributed by atoms with Crippen molar-refractivity contribution in [1.82, 2.24) is 0 Å². The predicted octanol–water partition coefficient (Wildman–Crippen LogP) is 1.25. The third-order valence-electron chi connectivity index (χ3n) is 3.64. The Balaban J connectivity index is 2.42. The van der Waals surface area contributed by atoms with E-state index in [1.165, 1.54) is 6.07 Å². The molecule has 3 N–H and O–H groups in total. The molecule has 0 amide bonds. The van der Waals surface area contributed by atoms with Crippen LogP contribution in [0.4, 0.5) is 4.39 Å². The standard InChI is InChI=1S/C13H18FNO2/c1-9-7-17-8-13(15,11(9)6-16)10-4-2-3-5-12(10)14/h2-5,9,11,16H,6-8,15H2,1H3. The summed E-state index contributed by atoms with van der Waals surface area (Å²) in [5, 5.41) is 9.49. The molecule has 0 spiro atoms. The van der Waals surface area contributed by atoms with Crippen LogP contribution in [0.1, 0.15) is 12.5 Å². The maximum Gasteiger partial charge on any atom is 0.128 e. The van der Waals surface area contributed by atoms with E-state index < -0.39 is 5.54 Å². The van der Waals surface area contributed by atoms with Crippen molar-refractivity contribution in [2.75, 3.05) is 19.8 Å². The lowest BCUT2D eigenvalue weighted by molar-refractivity contribution is -0.0607. The minimum Gasteiger partial charge on any atom is -0.396 e. The van der Waals surface area contributed by atoms with Crippen LogP contribution >= 0.6 is 0 Å². The van der Waals surface area contributed by atoms with Crippen LogP contribution in [0.2, 0.25) is 0 Å². The third kappa shape index (κ3) is 2.08. The number of aliphatic hydroxyl groups is 1. The monoisotopic (exact) mass is 239 g/mol. The van der Waals surface area contributed by atoms with Gasteiger partial charge in [-0.05, 0) is 12.0 Å². The number of ether oxygens (including phenoxy) is 1. The molecular formula is C13H18FNO2. The summed E-state index contributed by atoms with van der Waals surface area (Å²) < 4.78 is 19.3. The SMILES string of the molecule is CC1COCC(N)(c2ccccc2F)C1CO. The van der Waals surface area contributed by atoms with Crippen molar-refractivity contribution >= 4 is 0 Å². The summed E-state index contributed by atoms with van der Waals surface area (Å²) in [5.41, 5.74) is 5.78. The zero-order valence-corrected chi connectivity index (χ0v) is 9.90. The Kier molecular flexibility index (Phi) is 3.47. The third-order valence-corrected chi connectivity index (χ3v) is 3.64. The first kappa shape index (κ1) is 12.5. The number of hydrogen-bond donors (Lipinski definition) is 2. The van der Waals surface area contributed by atoms with Gasteiger partial charge < -0.3 is 15.6 Å². The Morgan fingerprint density at radius 3 is 2.88 bits per heavy atom. The summed E-state index contributed by atoms with van der Waals surface area (Å²) in [6.45, 7) is 2.69. The van der Waals surface area contributed by atoms with Crippen LogP contribution in [0.3, 0.4) is 0 Å². The molecule has 0 radical (unpaired) electrons. The molecule has 2 rings (SSSR count). The molecule has 1 saturated heterocycles. The van der Waals surface area contributed by atoms with Gasteiger partial charge in [0, 0.05) is 24.7 Å². The van der Waals surface area contributed by atoms with Crippen LogP contribution in [0.15, 0.2) is 24.3 Å². The highest BCUT2D eigenvalue weighted by atomic mass is 19.1. The van der Waals surface area contributed by atoms with Gasteiger partial charge in [0.1, 0.15) is 5.82 Å². The van der Waals surface area contributed by atoms with Crippen LogP contribution in [0.25, 0.3) is 0 Å². The van der Waals surface area contributed by atoms with Gasteiger partial charge in [0.15, 0.2) is 0 Å². The van der Waals surface area contributed by atoms with Gasteiger partial charge in [-0.2, -0.15) is 0 Å². The minimum absolute atomic E-state index is 0.0602. The molecule has 3 atom stereocenters. The average Bonchev–Trinajstić information content (AvgIpc) is 2.29.